The van der Waals surface area contributed by atoms with E-state index in [0.29, 0.717) is 50.9 Å². The van der Waals surface area contributed by atoms with Crippen LogP contribution in [0.4, 0.5) is 10.1 Å². The molecule has 0 spiro atoms. The molecule has 2 aromatic carbocycles. The maximum absolute atomic E-state index is 13.3. The highest BCUT2D eigenvalue weighted by atomic mass is 35.5. The molecule has 4 aromatic rings. The predicted molar refractivity (Wildman–Crippen MR) is 127 cm³/mol. The fourth-order valence-corrected chi connectivity index (χ4v) is 3.85. The SMILES string of the molecule is CCNC(=O)c1ccc(NCc2nc(-c3ccc(F)cc3)oc2Sc2ccc(Cl)cn2)cc1. The van der Waals surface area contributed by atoms with Gasteiger partial charge in [-0.05, 0) is 79.3 Å². The molecule has 0 saturated heterocycles. The number of rotatable bonds is 8. The molecule has 0 aliphatic rings. The smallest absolute Gasteiger partial charge is 0.251 e. The van der Waals surface area contributed by atoms with E-state index in [1.54, 1.807) is 42.6 Å². The molecule has 2 aromatic heterocycles. The van der Waals surface area contributed by atoms with Gasteiger partial charge in [0.15, 0.2) is 5.09 Å². The van der Waals surface area contributed by atoms with Crippen LogP contribution in [0.1, 0.15) is 23.0 Å². The van der Waals surface area contributed by atoms with Crippen molar-refractivity contribution in [2.45, 2.75) is 23.6 Å². The fraction of sp³-hybridized carbons (Fsp3) is 0.125. The van der Waals surface area contributed by atoms with Crippen molar-refractivity contribution in [1.29, 1.82) is 0 Å². The largest absolute Gasteiger partial charge is 0.429 e. The molecule has 4 rings (SSSR count). The van der Waals surface area contributed by atoms with Gasteiger partial charge >= 0.3 is 0 Å². The number of nitrogens with one attached hydrogen (secondary N) is 2. The zero-order chi connectivity index (χ0) is 23.2. The number of hydrogen-bond acceptors (Lipinski definition) is 6. The first-order chi connectivity index (χ1) is 16.0. The number of halogens is 2. The summed E-state index contributed by atoms with van der Waals surface area (Å²) in [4.78, 5) is 20.9. The molecule has 0 fully saturated rings. The highest BCUT2D eigenvalue weighted by Crippen LogP contribution is 2.34. The molecular formula is C24H20ClFN4O2S. The minimum atomic E-state index is -0.330. The molecule has 0 saturated carbocycles. The molecule has 0 aliphatic heterocycles. The van der Waals surface area contributed by atoms with E-state index in [9.17, 15) is 9.18 Å². The molecule has 2 heterocycles. The van der Waals surface area contributed by atoms with Crippen LogP contribution in [-0.4, -0.2) is 22.4 Å². The molecule has 0 radical (unpaired) electrons. The Bertz CT molecular complexity index is 1230. The molecule has 0 atom stereocenters. The van der Waals surface area contributed by atoms with Crippen molar-refractivity contribution in [3.05, 3.63) is 89.0 Å². The highest BCUT2D eigenvalue weighted by Gasteiger charge is 2.17. The first-order valence-electron chi connectivity index (χ1n) is 10.2. The number of carbonyl (C=O) groups is 1. The van der Waals surface area contributed by atoms with E-state index in [2.05, 4.69) is 20.6 Å². The van der Waals surface area contributed by atoms with Gasteiger partial charge in [0, 0.05) is 29.6 Å². The predicted octanol–water partition coefficient (Wildman–Crippen LogP) is 6.04. The first-order valence-corrected chi connectivity index (χ1v) is 11.4. The van der Waals surface area contributed by atoms with Crippen molar-refractivity contribution >= 4 is 35.0 Å². The third-order valence-electron chi connectivity index (χ3n) is 4.59. The summed E-state index contributed by atoms with van der Waals surface area (Å²) >= 11 is 7.26. The summed E-state index contributed by atoms with van der Waals surface area (Å²) < 4.78 is 19.3. The Morgan fingerprint density at radius 1 is 1.09 bits per heavy atom. The second-order valence-electron chi connectivity index (χ2n) is 6.97. The first kappa shape index (κ1) is 22.8. The second-order valence-corrected chi connectivity index (χ2v) is 8.40. The van der Waals surface area contributed by atoms with Crippen LogP contribution in [0.25, 0.3) is 11.5 Å². The summed E-state index contributed by atoms with van der Waals surface area (Å²) in [6.45, 7) is 2.83. The van der Waals surface area contributed by atoms with E-state index in [-0.39, 0.29) is 11.7 Å². The molecule has 1 amide bonds. The Labute approximate surface area is 199 Å². The van der Waals surface area contributed by atoms with Crippen molar-refractivity contribution in [3.8, 4) is 11.5 Å². The number of benzene rings is 2. The Balaban J connectivity index is 1.55. The summed E-state index contributed by atoms with van der Waals surface area (Å²) in [6, 6.07) is 16.7. The molecular weight excluding hydrogens is 463 g/mol. The van der Waals surface area contributed by atoms with E-state index in [1.807, 2.05) is 19.1 Å². The highest BCUT2D eigenvalue weighted by molar-refractivity contribution is 7.99. The van der Waals surface area contributed by atoms with Gasteiger partial charge in [-0.15, -0.1) is 0 Å². The van der Waals surface area contributed by atoms with Crippen LogP contribution in [0.15, 0.2) is 81.4 Å². The van der Waals surface area contributed by atoms with Gasteiger partial charge in [0.2, 0.25) is 5.89 Å². The van der Waals surface area contributed by atoms with Crippen molar-refractivity contribution < 1.29 is 13.6 Å². The van der Waals surface area contributed by atoms with Gasteiger partial charge in [0.1, 0.15) is 16.5 Å². The molecule has 33 heavy (non-hydrogen) atoms. The summed E-state index contributed by atoms with van der Waals surface area (Å²) in [5.74, 6) is -0.0586. The molecule has 168 valence electrons. The Morgan fingerprint density at radius 2 is 1.85 bits per heavy atom. The minimum Gasteiger partial charge on any atom is -0.429 e. The molecule has 0 aliphatic carbocycles. The summed E-state index contributed by atoms with van der Waals surface area (Å²) in [6.07, 6.45) is 1.56. The Morgan fingerprint density at radius 3 is 2.52 bits per heavy atom. The van der Waals surface area contributed by atoms with Crippen LogP contribution in [0.2, 0.25) is 5.02 Å². The van der Waals surface area contributed by atoms with Gasteiger partial charge in [-0.3, -0.25) is 4.79 Å². The van der Waals surface area contributed by atoms with Crippen LogP contribution in [0.5, 0.6) is 0 Å². The van der Waals surface area contributed by atoms with Gasteiger partial charge in [0.05, 0.1) is 11.6 Å². The van der Waals surface area contributed by atoms with Crippen molar-refractivity contribution in [2.24, 2.45) is 0 Å². The number of pyridine rings is 1. The number of amides is 1. The number of nitrogens with zero attached hydrogens (tertiary/aromatic N) is 2. The molecule has 0 unspecified atom stereocenters. The van der Waals surface area contributed by atoms with E-state index in [0.717, 1.165) is 5.69 Å². The van der Waals surface area contributed by atoms with Crippen molar-refractivity contribution in [3.63, 3.8) is 0 Å². The topological polar surface area (TPSA) is 80.0 Å². The Hall–Kier alpha value is -3.36. The average Bonchev–Trinajstić information content (AvgIpc) is 3.22. The van der Waals surface area contributed by atoms with Crippen LogP contribution in [0, 0.1) is 5.82 Å². The van der Waals surface area contributed by atoms with Gasteiger partial charge < -0.3 is 15.1 Å². The lowest BCUT2D eigenvalue weighted by Gasteiger charge is -2.07. The number of hydrogen-bond donors (Lipinski definition) is 2. The lowest BCUT2D eigenvalue weighted by Crippen LogP contribution is -2.22. The fourth-order valence-electron chi connectivity index (χ4n) is 2.95. The van der Waals surface area contributed by atoms with Crippen LogP contribution >= 0.6 is 23.4 Å². The zero-order valence-corrected chi connectivity index (χ0v) is 19.2. The zero-order valence-electron chi connectivity index (χ0n) is 17.6. The minimum absolute atomic E-state index is 0.112. The quantitative estimate of drug-likeness (QED) is 0.318. The van der Waals surface area contributed by atoms with E-state index in [1.165, 1.54) is 23.9 Å². The number of oxazole rings is 1. The molecule has 0 bridgehead atoms. The summed E-state index contributed by atoms with van der Waals surface area (Å²) in [5, 5.41) is 7.88. The summed E-state index contributed by atoms with van der Waals surface area (Å²) in [7, 11) is 0. The maximum atomic E-state index is 13.3. The number of anilines is 1. The normalized spacial score (nSPS) is 10.8. The number of carbonyl (C=O) groups excluding carboxylic acids is 1. The molecule has 2 N–H and O–H groups in total. The third-order valence-corrected chi connectivity index (χ3v) is 5.77. The summed E-state index contributed by atoms with van der Waals surface area (Å²) in [5.41, 5.74) is 2.76. The third kappa shape index (κ3) is 5.91. The van der Waals surface area contributed by atoms with Gasteiger partial charge in [-0.25, -0.2) is 14.4 Å². The average molecular weight is 483 g/mol. The van der Waals surface area contributed by atoms with E-state index >= 15 is 0 Å². The van der Waals surface area contributed by atoms with E-state index < -0.39 is 0 Å². The number of aromatic nitrogens is 2. The lowest BCUT2D eigenvalue weighted by molar-refractivity contribution is 0.0956. The van der Waals surface area contributed by atoms with E-state index in [4.69, 9.17) is 16.0 Å². The Kier molecular flexibility index (Phi) is 7.26. The maximum Gasteiger partial charge on any atom is 0.251 e. The monoisotopic (exact) mass is 482 g/mol. The van der Waals surface area contributed by atoms with Crippen LogP contribution < -0.4 is 10.6 Å². The van der Waals surface area contributed by atoms with Crippen LogP contribution in [-0.2, 0) is 6.54 Å². The van der Waals surface area contributed by atoms with Gasteiger partial charge in [-0.1, -0.05) is 11.6 Å². The van der Waals surface area contributed by atoms with Crippen LogP contribution in [0.3, 0.4) is 0 Å². The van der Waals surface area contributed by atoms with Crippen molar-refractivity contribution in [2.75, 3.05) is 11.9 Å². The standard InChI is InChI=1S/C24H20ClFN4O2S/c1-2-27-22(31)15-5-10-19(11-6-15)28-14-20-24(33-21-12-7-17(25)13-29-21)32-23(30-20)16-3-8-18(26)9-4-16/h3-13,28H,2,14H2,1H3,(H,27,31). The second kappa shape index (κ2) is 10.5. The van der Waals surface area contributed by atoms with Crippen molar-refractivity contribution in [1.82, 2.24) is 15.3 Å². The molecule has 6 nitrogen and oxygen atoms in total. The van der Waals surface area contributed by atoms with Gasteiger partial charge in [0.25, 0.3) is 5.91 Å². The molecule has 9 heteroatoms. The lowest BCUT2D eigenvalue weighted by atomic mass is 10.2. The van der Waals surface area contributed by atoms with Gasteiger partial charge in [-0.2, -0.15) is 0 Å².